The number of hydrogen-bond donors (Lipinski definition) is 0. The van der Waals surface area contributed by atoms with Crippen molar-refractivity contribution >= 4 is 17.5 Å². The van der Waals surface area contributed by atoms with Gasteiger partial charge in [-0.1, -0.05) is 0 Å². The molecule has 4 nitrogen and oxygen atoms in total. The van der Waals surface area contributed by atoms with E-state index in [1.165, 1.54) is 11.8 Å². The van der Waals surface area contributed by atoms with Crippen LogP contribution in [0.1, 0.15) is 22.3 Å². The third kappa shape index (κ3) is 3.22. The molecule has 0 N–H and O–H groups in total. The van der Waals surface area contributed by atoms with Gasteiger partial charge in [0.25, 0.3) is 0 Å². The summed E-state index contributed by atoms with van der Waals surface area (Å²) in [6, 6.07) is 11.5. The Morgan fingerprint density at radius 2 is 1.71 bits per heavy atom. The van der Waals surface area contributed by atoms with Crippen LogP contribution in [-0.2, 0) is 6.42 Å². The average molecular weight is 342 g/mol. The zero-order chi connectivity index (χ0) is 16.4. The molecular formula is C19H18O4S. The van der Waals surface area contributed by atoms with Crippen LogP contribution in [-0.4, -0.2) is 31.4 Å². The molecule has 0 bridgehead atoms. The van der Waals surface area contributed by atoms with Crippen molar-refractivity contribution in [1.82, 2.24) is 0 Å². The minimum absolute atomic E-state index is 0.127. The Hall–Kier alpha value is -2.14. The molecule has 0 saturated carbocycles. The van der Waals surface area contributed by atoms with Gasteiger partial charge in [-0.15, -0.1) is 11.8 Å². The van der Waals surface area contributed by atoms with Gasteiger partial charge in [-0.3, -0.25) is 4.79 Å². The maximum atomic E-state index is 12.4. The van der Waals surface area contributed by atoms with Crippen molar-refractivity contribution in [3.8, 4) is 17.2 Å². The van der Waals surface area contributed by atoms with Crippen molar-refractivity contribution in [2.75, 3.05) is 25.6 Å². The molecule has 0 unspecified atom stereocenters. The molecule has 124 valence electrons. The molecule has 0 spiro atoms. The molecule has 2 aromatic rings. The first-order valence-corrected chi connectivity index (χ1v) is 9.09. The lowest BCUT2D eigenvalue weighted by Gasteiger charge is -2.09. The van der Waals surface area contributed by atoms with Crippen molar-refractivity contribution in [1.29, 1.82) is 0 Å². The maximum absolute atomic E-state index is 12.4. The van der Waals surface area contributed by atoms with Gasteiger partial charge in [0.1, 0.15) is 5.75 Å². The first kappa shape index (κ1) is 15.4. The van der Waals surface area contributed by atoms with E-state index in [0.717, 1.165) is 46.1 Å². The van der Waals surface area contributed by atoms with Crippen LogP contribution >= 0.6 is 11.8 Å². The second-order valence-corrected chi connectivity index (χ2v) is 6.84. The van der Waals surface area contributed by atoms with E-state index >= 15 is 0 Å². The van der Waals surface area contributed by atoms with Crippen LogP contribution in [0.25, 0.3) is 0 Å². The van der Waals surface area contributed by atoms with Gasteiger partial charge in [-0.25, -0.2) is 0 Å². The minimum Gasteiger partial charge on any atom is -0.493 e. The molecule has 0 aliphatic carbocycles. The SMILES string of the molecule is O=C(CSc1ccc2c(c1)OCCCO2)c1ccc2c(c1)CCO2. The van der Waals surface area contributed by atoms with Gasteiger partial charge in [0.15, 0.2) is 17.3 Å². The lowest BCUT2D eigenvalue weighted by atomic mass is 10.1. The van der Waals surface area contributed by atoms with Crippen LogP contribution in [0.5, 0.6) is 17.2 Å². The van der Waals surface area contributed by atoms with Crippen molar-refractivity contribution in [3.05, 3.63) is 47.5 Å². The molecule has 0 fully saturated rings. The molecule has 0 aromatic heterocycles. The van der Waals surface area contributed by atoms with Crippen molar-refractivity contribution in [3.63, 3.8) is 0 Å². The molecule has 4 rings (SSSR count). The highest BCUT2D eigenvalue weighted by molar-refractivity contribution is 8.00. The van der Waals surface area contributed by atoms with Gasteiger partial charge in [0, 0.05) is 23.3 Å². The summed E-state index contributed by atoms with van der Waals surface area (Å²) in [5.74, 6) is 2.98. The van der Waals surface area contributed by atoms with Gasteiger partial charge < -0.3 is 14.2 Å². The summed E-state index contributed by atoms with van der Waals surface area (Å²) in [6.45, 7) is 2.05. The standard InChI is InChI=1S/C19H18O4S/c20-16(13-2-4-17-14(10-13)6-9-23-17)12-24-15-3-5-18-19(11-15)22-8-1-7-21-18/h2-5,10-11H,1,6-9,12H2. The number of benzene rings is 2. The molecule has 24 heavy (non-hydrogen) atoms. The Morgan fingerprint density at radius 3 is 2.62 bits per heavy atom. The molecule has 2 aromatic carbocycles. The predicted molar refractivity (Wildman–Crippen MR) is 92.7 cm³/mol. The molecule has 2 aliphatic heterocycles. The lowest BCUT2D eigenvalue weighted by molar-refractivity contribution is 0.102. The van der Waals surface area contributed by atoms with Gasteiger partial charge >= 0.3 is 0 Å². The highest BCUT2D eigenvalue weighted by atomic mass is 32.2. The third-order valence-corrected chi connectivity index (χ3v) is 5.09. The maximum Gasteiger partial charge on any atom is 0.173 e. The molecule has 2 heterocycles. The van der Waals surface area contributed by atoms with E-state index in [9.17, 15) is 4.79 Å². The number of carbonyl (C=O) groups excluding carboxylic acids is 1. The first-order chi connectivity index (χ1) is 11.8. The highest BCUT2D eigenvalue weighted by Crippen LogP contribution is 2.34. The lowest BCUT2D eigenvalue weighted by Crippen LogP contribution is -2.02. The van der Waals surface area contributed by atoms with Crippen LogP contribution in [0, 0.1) is 0 Å². The average Bonchev–Trinajstić information content (AvgIpc) is 2.96. The van der Waals surface area contributed by atoms with Crippen molar-refractivity contribution in [2.45, 2.75) is 17.7 Å². The van der Waals surface area contributed by atoms with E-state index in [-0.39, 0.29) is 5.78 Å². The third-order valence-electron chi connectivity index (χ3n) is 4.10. The summed E-state index contributed by atoms with van der Waals surface area (Å²) in [4.78, 5) is 13.5. The molecule has 0 radical (unpaired) electrons. The zero-order valence-corrected chi connectivity index (χ0v) is 14.1. The largest absolute Gasteiger partial charge is 0.493 e. The highest BCUT2D eigenvalue weighted by Gasteiger charge is 2.16. The number of hydrogen-bond acceptors (Lipinski definition) is 5. The summed E-state index contributed by atoms with van der Waals surface area (Å²) >= 11 is 1.52. The smallest absolute Gasteiger partial charge is 0.173 e. The minimum atomic E-state index is 0.127. The molecule has 0 amide bonds. The van der Waals surface area contributed by atoms with Gasteiger partial charge in [-0.05, 0) is 42.0 Å². The Kier molecular flexibility index (Phi) is 4.34. The van der Waals surface area contributed by atoms with E-state index in [0.29, 0.717) is 25.6 Å². The topological polar surface area (TPSA) is 44.8 Å². The summed E-state index contributed by atoms with van der Waals surface area (Å²) in [6.07, 6.45) is 1.77. The van der Waals surface area contributed by atoms with E-state index in [2.05, 4.69) is 0 Å². The van der Waals surface area contributed by atoms with E-state index in [1.54, 1.807) is 0 Å². The Balaban J connectivity index is 1.43. The molecule has 5 heteroatoms. The summed E-state index contributed by atoms with van der Waals surface area (Å²) in [5.41, 5.74) is 1.88. The molecule has 0 atom stereocenters. The quantitative estimate of drug-likeness (QED) is 0.625. The van der Waals surface area contributed by atoms with Crippen LogP contribution in [0.3, 0.4) is 0 Å². The monoisotopic (exact) mass is 342 g/mol. The van der Waals surface area contributed by atoms with Crippen molar-refractivity contribution in [2.24, 2.45) is 0 Å². The summed E-state index contributed by atoms with van der Waals surface area (Å²) < 4.78 is 16.8. The fraction of sp³-hybridized carbons (Fsp3) is 0.316. The number of fused-ring (bicyclic) bond motifs is 2. The van der Waals surface area contributed by atoms with E-state index < -0.39 is 0 Å². The first-order valence-electron chi connectivity index (χ1n) is 8.11. The van der Waals surface area contributed by atoms with Crippen molar-refractivity contribution < 1.29 is 19.0 Å². The summed E-state index contributed by atoms with van der Waals surface area (Å²) in [7, 11) is 0. The van der Waals surface area contributed by atoms with Gasteiger partial charge in [-0.2, -0.15) is 0 Å². The van der Waals surface area contributed by atoms with Crippen LogP contribution < -0.4 is 14.2 Å². The number of thioether (sulfide) groups is 1. The van der Waals surface area contributed by atoms with Gasteiger partial charge in [0.05, 0.1) is 25.6 Å². The fourth-order valence-corrected chi connectivity index (χ4v) is 3.64. The number of rotatable bonds is 4. The Bertz CT molecular complexity index is 772. The zero-order valence-electron chi connectivity index (χ0n) is 13.2. The number of carbonyl (C=O) groups is 1. The predicted octanol–water partition coefficient (Wildman–Crippen LogP) is 3.76. The molecular weight excluding hydrogens is 324 g/mol. The van der Waals surface area contributed by atoms with Crippen LogP contribution in [0.2, 0.25) is 0 Å². The van der Waals surface area contributed by atoms with Gasteiger partial charge in [0.2, 0.25) is 0 Å². The molecule has 2 aliphatic rings. The second-order valence-electron chi connectivity index (χ2n) is 5.79. The van der Waals surface area contributed by atoms with E-state index in [1.807, 2.05) is 36.4 Å². The van der Waals surface area contributed by atoms with Crippen LogP contribution in [0.15, 0.2) is 41.3 Å². The summed E-state index contributed by atoms with van der Waals surface area (Å²) in [5, 5.41) is 0. The Morgan fingerprint density at radius 1 is 0.917 bits per heavy atom. The Labute approximate surface area is 145 Å². The number of ether oxygens (including phenoxy) is 3. The second kappa shape index (κ2) is 6.77. The van der Waals surface area contributed by atoms with E-state index in [4.69, 9.17) is 14.2 Å². The number of Topliss-reactive ketones (excluding diaryl/α,β-unsaturated/α-hetero) is 1. The van der Waals surface area contributed by atoms with Crippen LogP contribution in [0.4, 0.5) is 0 Å². The normalized spacial score (nSPS) is 15.3. The molecule has 0 saturated heterocycles. The fourth-order valence-electron chi connectivity index (χ4n) is 2.83. The number of ketones is 1.